The van der Waals surface area contributed by atoms with Crippen molar-refractivity contribution in [2.75, 3.05) is 36.4 Å². The van der Waals surface area contributed by atoms with Crippen LogP contribution >= 0.6 is 11.6 Å². The molecule has 0 aliphatic carbocycles. The van der Waals surface area contributed by atoms with E-state index in [0.717, 1.165) is 10.5 Å². The minimum Gasteiger partial charge on any atom is -0.367 e. The molecule has 1 aliphatic rings. The molecule has 5 nitrogen and oxygen atoms in total. The van der Waals surface area contributed by atoms with Gasteiger partial charge >= 0.3 is 12.1 Å². The van der Waals surface area contributed by atoms with E-state index < -0.39 is 12.1 Å². The highest BCUT2D eigenvalue weighted by Gasteiger charge is 2.43. The normalized spacial score (nSPS) is 14.8. The zero-order valence-electron chi connectivity index (χ0n) is 18.3. The molecule has 0 saturated carbocycles. The standard InChI is InChI=1S/C24H25ClF3N3O2/c1-16(2)18-6-3-17(4-7-18)5-10-22(32)29-19-8-9-21(20(25)15-19)30-11-13-31(14-12-30)23(33)24(26,27)28/h3-10,15-16H,11-14H2,1-2H3,(H,29,32)/b10-5+. The Kier molecular flexibility index (Phi) is 7.68. The van der Waals surface area contributed by atoms with E-state index in [1.54, 1.807) is 24.3 Å². The Morgan fingerprint density at radius 1 is 1.03 bits per heavy atom. The molecule has 0 aromatic heterocycles. The Morgan fingerprint density at radius 2 is 1.67 bits per heavy atom. The van der Waals surface area contributed by atoms with E-state index in [9.17, 15) is 22.8 Å². The molecule has 2 aromatic rings. The number of nitrogens with one attached hydrogen (secondary N) is 1. The molecular weight excluding hydrogens is 455 g/mol. The first kappa shape index (κ1) is 24.6. The lowest BCUT2D eigenvalue weighted by molar-refractivity contribution is -0.185. The van der Waals surface area contributed by atoms with Gasteiger partial charge in [0.25, 0.3) is 0 Å². The molecule has 9 heteroatoms. The summed E-state index contributed by atoms with van der Waals surface area (Å²) in [6, 6.07) is 12.9. The maximum absolute atomic E-state index is 12.6. The largest absolute Gasteiger partial charge is 0.471 e. The molecule has 3 rings (SSSR count). The first-order chi connectivity index (χ1) is 15.5. The summed E-state index contributed by atoms with van der Waals surface area (Å²) in [6.45, 7) is 4.59. The fraction of sp³-hybridized carbons (Fsp3) is 0.333. The minimum absolute atomic E-state index is 0.0455. The molecule has 2 aromatic carbocycles. The Labute approximate surface area is 195 Å². The van der Waals surface area contributed by atoms with Gasteiger partial charge in [-0.1, -0.05) is 49.7 Å². The average Bonchev–Trinajstić information content (AvgIpc) is 2.77. The zero-order chi connectivity index (χ0) is 24.2. The second-order valence-corrected chi connectivity index (χ2v) is 8.49. The van der Waals surface area contributed by atoms with Gasteiger partial charge in [0.05, 0.1) is 10.7 Å². The van der Waals surface area contributed by atoms with Crippen molar-refractivity contribution in [1.82, 2.24) is 4.90 Å². The maximum Gasteiger partial charge on any atom is 0.471 e. The van der Waals surface area contributed by atoms with Crippen molar-refractivity contribution in [2.24, 2.45) is 0 Å². The number of alkyl halides is 3. The van der Waals surface area contributed by atoms with Crippen LogP contribution in [0.15, 0.2) is 48.5 Å². The molecule has 1 aliphatic heterocycles. The third-order valence-corrected chi connectivity index (χ3v) is 5.70. The summed E-state index contributed by atoms with van der Waals surface area (Å²) >= 11 is 6.36. The SMILES string of the molecule is CC(C)c1ccc(/C=C/C(=O)Nc2ccc(N3CCN(C(=O)C(F)(F)F)CC3)c(Cl)c2)cc1. The quantitative estimate of drug-likeness (QED) is 0.590. The van der Waals surface area contributed by atoms with Gasteiger partial charge in [-0.05, 0) is 41.3 Å². The van der Waals surface area contributed by atoms with Crippen LogP contribution in [0.4, 0.5) is 24.5 Å². The van der Waals surface area contributed by atoms with E-state index in [4.69, 9.17) is 11.6 Å². The zero-order valence-corrected chi connectivity index (χ0v) is 19.1. The number of rotatable bonds is 5. The molecule has 1 heterocycles. The summed E-state index contributed by atoms with van der Waals surface area (Å²) < 4.78 is 37.8. The molecule has 0 spiro atoms. The van der Waals surface area contributed by atoms with E-state index in [0.29, 0.717) is 22.3 Å². The van der Waals surface area contributed by atoms with Gasteiger partial charge in [0, 0.05) is 37.9 Å². The van der Waals surface area contributed by atoms with Crippen molar-refractivity contribution in [3.05, 3.63) is 64.7 Å². The summed E-state index contributed by atoms with van der Waals surface area (Å²) in [5, 5.41) is 3.10. The number of hydrogen-bond acceptors (Lipinski definition) is 3. The fourth-order valence-electron chi connectivity index (χ4n) is 3.52. The molecule has 0 atom stereocenters. The van der Waals surface area contributed by atoms with Crippen molar-refractivity contribution >= 4 is 40.9 Å². The third kappa shape index (κ3) is 6.51. The van der Waals surface area contributed by atoms with Crippen LogP contribution in [0.5, 0.6) is 0 Å². The van der Waals surface area contributed by atoms with Gasteiger partial charge in [-0.15, -0.1) is 0 Å². The van der Waals surface area contributed by atoms with E-state index >= 15 is 0 Å². The topological polar surface area (TPSA) is 52.7 Å². The Balaban J connectivity index is 1.57. The predicted octanol–water partition coefficient (Wildman–Crippen LogP) is 5.33. The van der Waals surface area contributed by atoms with Crippen molar-refractivity contribution < 1.29 is 22.8 Å². The molecule has 0 bridgehead atoms. The summed E-state index contributed by atoms with van der Waals surface area (Å²) in [4.78, 5) is 26.2. The molecule has 0 radical (unpaired) electrons. The number of anilines is 2. The average molecular weight is 480 g/mol. The highest BCUT2D eigenvalue weighted by atomic mass is 35.5. The van der Waals surface area contributed by atoms with Gasteiger partial charge in [-0.3, -0.25) is 9.59 Å². The lowest BCUT2D eigenvalue weighted by atomic mass is 10.0. The van der Waals surface area contributed by atoms with Crippen molar-refractivity contribution in [1.29, 1.82) is 0 Å². The van der Waals surface area contributed by atoms with Crippen molar-refractivity contribution in [3.63, 3.8) is 0 Å². The Morgan fingerprint density at radius 3 is 2.21 bits per heavy atom. The molecular formula is C24H25ClF3N3O2. The molecule has 33 heavy (non-hydrogen) atoms. The van der Waals surface area contributed by atoms with Crippen molar-refractivity contribution in [2.45, 2.75) is 25.9 Å². The lowest BCUT2D eigenvalue weighted by Gasteiger charge is -2.36. The van der Waals surface area contributed by atoms with Gasteiger partial charge in [-0.2, -0.15) is 13.2 Å². The summed E-state index contributed by atoms with van der Waals surface area (Å²) in [6.07, 6.45) is -1.72. The number of benzene rings is 2. The fourth-order valence-corrected chi connectivity index (χ4v) is 3.82. The van der Waals surface area contributed by atoms with E-state index in [-0.39, 0.29) is 32.1 Å². The monoisotopic (exact) mass is 479 g/mol. The summed E-state index contributed by atoms with van der Waals surface area (Å²) in [7, 11) is 0. The summed E-state index contributed by atoms with van der Waals surface area (Å²) in [5.74, 6) is -1.70. The van der Waals surface area contributed by atoms with Crippen molar-refractivity contribution in [3.8, 4) is 0 Å². The Bertz CT molecular complexity index is 1030. The van der Waals surface area contributed by atoms with E-state index in [2.05, 4.69) is 19.2 Å². The Hall–Kier alpha value is -3.00. The maximum atomic E-state index is 12.6. The van der Waals surface area contributed by atoms with Gasteiger partial charge in [0.1, 0.15) is 0 Å². The number of nitrogens with zero attached hydrogens (tertiary/aromatic N) is 2. The van der Waals surface area contributed by atoms with Gasteiger partial charge in [0.15, 0.2) is 0 Å². The van der Waals surface area contributed by atoms with Gasteiger partial charge in [-0.25, -0.2) is 0 Å². The molecule has 1 fully saturated rings. The lowest BCUT2D eigenvalue weighted by Crippen LogP contribution is -2.52. The third-order valence-electron chi connectivity index (χ3n) is 5.40. The first-order valence-electron chi connectivity index (χ1n) is 10.5. The highest BCUT2D eigenvalue weighted by Crippen LogP contribution is 2.30. The number of carbonyl (C=O) groups is 2. The summed E-state index contributed by atoms with van der Waals surface area (Å²) in [5.41, 5.74) is 3.26. The second-order valence-electron chi connectivity index (χ2n) is 8.09. The van der Waals surface area contributed by atoms with Crippen LogP contribution in [0.1, 0.15) is 30.9 Å². The number of hydrogen-bond donors (Lipinski definition) is 1. The van der Waals surface area contributed by atoms with Crippen LogP contribution in [-0.2, 0) is 9.59 Å². The van der Waals surface area contributed by atoms with Crippen LogP contribution in [0.25, 0.3) is 6.08 Å². The number of halogens is 4. The molecule has 2 amide bonds. The molecule has 1 N–H and O–H groups in total. The van der Waals surface area contributed by atoms with E-state index in [1.165, 1.54) is 11.6 Å². The van der Waals surface area contributed by atoms with Crippen LogP contribution in [0.2, 0.25) is 5.02 Å². The van der Waals surface area contributed by atoms with Gasteiger partial charge < -0.3 is 15.1 Å². The number of amides is 2. The molecule has 1 saturated heterocycles. The first-order valence-corrected chi connectivity index (χ1v) is 10.9. The minimum atomic E-state index is -4.87. The second kappa shape index (κ2) is 10.3. The van der Waals surface area contributed by atoms with Gasteiger partial charge in [0.2, 0.25) is 5.91 Å². The van der Waals surface area contributed by atoms with Crippen LogP contribution in [-0.4, -0.2) is 49.1 Å². The highest BCUT2D eigenvalue weighted by molar-refractivity contribution is 6.33. The van der Waals surface area contributed by atoms with Crippen LogP contribution < -0.4 is 10.2 Å². The van der Waals surface area contributed by atoms with E-state index in [1.807, 2.05) is 29.2 Å². The predicted molar refractivity (Wildman–Crippen MR) is 124 cm³/mol. The molecule has 0 unspecified atom stereocenters. The smallest absolute Gasteiger partial charge is 0.367 e. The number of piperazine rings is 1. The van der Waals surface area contributed by atoms with Crippen LogP contribution in [0.3, 0.4) is 0 Å². The molecule has 176 valence electrons. The van der Waals surface area contributed by atoms with Crippen LogP contribution in [0, 0.1) is 0 Å². The number of carbonyl (C=O) groups excluding carboxylic acids is 2.